The van der Waals surface area contributed by atoms with Crippen molar-refractivity contribution in [1.82, 2.24) is 15.3 Å². The summed E-state index contributed by atoms with van der Waals surface area (Å²) in [7, 11) is -2.97. The molecule has 1 heterocycles. The van der Waals surface area contributed by atoms with Crippen LogP contribution in [0.25, 0.3) is 11.0 Å². The van der Waals surface area contributed by atoms with E-state index in [0.29, 0.717) is 6.54 Å². The van der Waals surface area contributed by atoms with Gasteiger partial charge in [0.2, 0.25) is 0 Å². The number of sulfone groups is 1. The lowest BCUT2D eigenvalue weighted by atomic mass is 10.2. The van der Waals surface area contributed by atoms with Crippen LogP contribution < -0.4 is 5.32 Å². The molecule has 0 radical (unpaired) electrons. The highest BCUT2D eigenvalue weighted by atomic mass is 32.2. The number of rotatable bonds is 4. The molecular formula is C14H19N3O2S. The van der Waals surface area contributed by atoms with Crippen LogP contribution in [0, 0.1) is 0 Å². The van der Waals surface area contributed by atoms with Gasteiger partial charge >= 0.3 is 0 Å². The lowest BCUT2D eigenvalue weighted by Gasteiger charge is -2.18. The van der Waals surface area contributed by atoms with Crippen molar-refractivity contribution < 1.29 is 8.42 Å². The predicted molar refractivity (Wildman–Crippen MR) is 79.2 cm³/mol. The Labute approximate surface area is 118 Å². The molecule has 0 bridgehead atoms. The van der Waals surface area contributed by atoms with Gasteiger partial charge in [-0.1, -0.05) is 18.6 Å². The van der Waals surface area contributed by atoms with E-state index in [-0.39, 0.29) is 11.3 Å². The van der Waals surface area contributed by atoms with E-state index < -0.39 is 9.84 Å². The number of aromatic nitrogens is 2. The molecule has 1 saturated carbocycles. The van der Waals surface area contributed by atoms with Crippen molar-refractivity contribution in [1.29, 1.82) is 0 Å². The Bertz CT molecular complexity index is 675. The second-order valence-electron chi connectivity index (χ2n) is 5.49. The molecule has 1 aromatic heterocycles. The summed E-state index contributed by atoms with van der Waals surface area (Å²) in [5.74, 6) is 0.852. The predicted octanol–water partition coefficient (Wildman–Crippen LogP) is 1.62. The van der Waals surface area contributed by atoms with E-state index in [1.165, 1.54) is 6.26 Å². The molecule has 6 heteroatoms. The summed E-state index contributed by atoms with van der Waals surface area (Å²) in [6.07, 6.45) is 3.98. The van der Waals surface area contributed by atoms with Crippen molar-refractivity contribution in [3.8, 4) is 0 Å². The molecule has 0 aliphatic heterocycles. The molecule has 1 aromatic carbocycles. The average Bonchev–Trinajstić information content (AvgIpc) is 3.01. The van der Waals surface area contributed by atoms with Gasteiger partial charge in [0.15, 0.2) is 9.84 Å². The zero-order valence-electron chi connectivity index (χ0n) is 11.5. The topological polar surface area (TPSA) is 74.8 Å². The van der Waals surface area contributed by atoms with Gasteiger partial charge in [0.1, 0.15) is 5.82 Å². The monoisotopic (exact) mass is 293 g/mol. The number of nitrogens with one attached hydrogen (secondary N) is 2. The average molecular weight is 293 g/mol. The molecule has 0 saturated heterocycles. The van der Waals surface area contributed by atoms with E-state index in [1.807, 2.05) is 24.3 Å². The van der Waals surface area contributed by atoms with Gasteiger partial charge in [-0.25, -0.2) is 13.4 Å². The first-order valence-electron chi connectivity index (χ1n) is 6.90. The fraction of sp³-hybridized carbons (Fsp3) is 0.500. The number of hydrogen-bond donors (Lipinski definition) is 2. The van der Waals surface area contributed by atoms with E-state index in [4.69, 9.17) is 0 Å². The lowest BCUT2D eigenvalue weighted by molar-refractivity contribution is 0.501. The van der Waals surface area contributed by atoms with Crippen LogP contribution in [0.1, 0.15) is 25.1 Å². The number of imidazole rings is 1. The van der Waals surface area contributed by atoms with Crippen LogP contribution in [0.5, 0.6) is 0 Å². The maximum atomic E-state index is 11.7. The number of aromatic amines is 1. The molecule has 0 spiro atoms. The molecule has 2 unspecified atom stereocenters. The standard InChI is InChI=1S/C14H19N3O2S/c1-20(18,19)13-8-4-7-12(13)15-9-14-16-10-5-2-3-6-11(10)17-14/h2-3,5-6,12-13,15H,4,7-9H2,1H3,(H,16,17). The molecule has 1 fully saturated rings. The van der Waals surface area contributed by atoms with Crippen LogP contribution in [0.3, 0.4) is 0 Å². The summed E-state index contributed by atoms with van der Waals surface area (Å²) in [5, 5.41) is 3.09. The molecule has 5 nitrogen and oxygen atoms in total. The minimum atomic E-state index is -2.97. The zero-order valence-corrected chi connectivity index (χ0v) is 12.3. The van der Waals surface area contributed by atoms with E-state index in [2.05, 4.69) is 15.3 Å². The summed E-state index contributed by atoms with van der Waals surface area (Å²) >= 11 is 0. The summed E-state index contributed by atoms with van der Waals surface area (Å²) in [4.78, 5) is 7.74. The summed E-state index contributed by atoms with van der Waals surface area (Å²) in [5.41, 5.74) is 1.95. The largest absolute Gasteiger partial charge is 0.341 e. The highest BCUT2D eigenvalue weighted by Crippen LogP contribution is 2.25. The third-order valence-corrected chi connectivity index (χ3v) is 5.64. The molecule has 1 aliphatic carbocycles. The Kier molecular flexibility index (Phi) is 3.52. The van der Waals surface area contributed by atoms with Crippen molar-refractivity contribution in [2.24, 2.45) is 0 Å². The number of fused-ring (bicyclic) bond motifs is 1. The minimum Gasteiger partial charge on any atom is -0.341 e. The number of hydrogen-bond acceptors (Lipinski definition) is 4. The smallest absolute Gasteiger partial charge is 0.151 e. The Hall–Kier alpha value is -1.40. The molecule has 2 N–H and O–H groups in total. The molecule has 2 aromatic rings. The van der Waals surface area contributed by atoms with Gasteiger partial charge < -0.3 is 10.3 Å². The van der Waals surface area contributed by atoms with Crippen molar-refractivity contribution in [2.45, 2.75) is 37.1 Å². The number of benzene rings is 1. The first kappa shape index (κ1) is 13.6. The van der Waals surface area contributed by atoms with Gasteiger partial charge in [0.05, 0.1) is 22.8 Å². The van der Waals surface area contributed by atoms with Crippen molar-refractivity contribution >= 4 is 20.9 Å². The third kappa shape index (κ3) is 2.71. The molecule has 3 rings (SSSR count). The molecule has 1 aliphatic rings. The molecule has 2 atom stereocenters. The lowest BCUT2D eigenvalue weighted by Crippen LogP contribution is -2.39. The maximum absolute atomic E-state index is 11.7. The maximum Gasteiger partial charge on any atom is 0.151 e. The Balaban J connectivity index is 1.70. The van der Waals surface area contributed by atoms with Crippen LogP contribution in [0.2, 0.25) is 0 Å². The summed E-state index contributed by atoms with van der Waals surface area (Å²) < 4.78 is 23.5. The summed E-state index contributed by atoms with van der Waals surface area (Å²) in [6, 6.07) is 7.91. The van der Waals surface area contributed by atoms with Crippen molar-refractivity contribution in [3.63, 3.8) is 0 Å². The fourth-order valence-electron chi connectivity index (χ4n) is 2.99. The highest BCUT2D eigenvalue weighted by molar-refractivity contribution is 7.91. The van der Waals surface area contributed by atoms with E-state index in [0.717, 1.165) is 36.1 Å². The van der Waals surface area contributed by atoms with Gasteiger partial charge in [-0.15, -0.1) is 0 Å². The van der Waals surface area contributed by atoms with Crippen LogP contribution >= 0.6 is 0 Å². The second-order valence-corrected chi connectivity index (χ2v) is 7.75. The van der Waals surface area contributed by atoms with Crippen LogP contribution in [0.15, 0.2) is 24.3 Å². The Morgan fingerprint density at radius 2 is 2.15 bits per heavy atom. The van der Waals surface area contributed by atoms with E-state index in [1.54, 1.807) is 0 Å². The third-order valence-electron chi connectivity index (χ3n) is 3.97. The number of para-hydroxylation sites is 2. The normalized spacial score (nSPS) is 23.4. The van der Waals surface area contributed by atoms with Crippen LogP contribution in [0.4, 0.5) is 0 Å². The van der Waals surface area contributed by atoms with Crippen LogP contribution in [-0.4, -0.2) is 35.9 Å². The first-order chi connectivity index (χ1) is 9.54. The zero-order chi connectivity index (χ0) is 14.2. The Morgan fingerprint density at radius 1 is 1.35 bits per heavy atom. The van der Waals surface area contributed by atoms with Gasteiger partial charge in [0, 0.05) is 12.3 Å². The molecule has 20 heavy (non-hydrogen) atoms. The van der Waals surface area contributed by atoms with E-state index >= 15 is 0 Å². The Morgan fingerprint density at radius 3 is 2.90 bits per heavy atom. The number of H-pyrrole nitrogens is 1. The highest BCUT2D eigenvalue weighted by Gasteiger charge is 2.34. The minimum absolute atomic E-state index is 0.0400. The van der Waals surface area contributed by atoms with Gasteiger partial charge in [-0.3, -0.25) is 0 Å². The van der Waals surface area contributed by atoms with Gasteiger partial charge in [-0.2, -0.15) is 0 Å². The SMILES string of the molecule is CS(=O)(=O)C1CCCC1NCc1nc2ccccc2[nH]1. The van der Waals surface area contributed by atoms with Gasteiger partial charge in [0.25, 0.3) is 0 Å². The van der Waals surface area contributed by atoms with E-state index in [9.17, 15) is 8.42 Å². The second kappa shape index (κ2) is 5.18. The summed E-state index contributed by atoms with van der Waals surface area (Å²) in [6.45, 7) is 0.575. The molecular weight excluding hydrogens is 274 g/mol. The quantitative estimate of drug-likeness (QED) is 0.898. The van der Waals surface area contributed by atoms with Crippen molar-refractivity contribution in [3.05, 3.63) is 30.1 Å². The van der Waals surface area contributed by atoms with Crippen LogP contribution in [-0.2, 0) is 16.4 Å². The number of nitrogens with zero attached hydrogens (tertiary/aromatic N) is 1. The first-order valence-corrected chi connectivity index (χ1v) is 8.85. The molecule has 108 valence electrons. The fourth-order valence-corrected chi connectivity index (χ4v) is 4.41. The van der Waals surface area contributed by atoms with Crippen molar-refractivity contribution in [2.75, 3.05) is 6.26 Å². The molecule has 0 amide bonds. The van der Waals surface area contributed by atoms with Gasteiger partial charge in [-0.05, 0) is 25.0 Å².